The van der Waals surface area contributed by atoms with Crippen molar-refractivity contribution >= 4 is 0 Å². The van der Waals surface area contributed by atoms with Gasteiger partial charge < -0.3 is 0 Å². The normalized spacial score (nSPS) is 10.9. The van der Waals surface area contributed by atoms with Crippen LogP contribution in [0.15, 0.2) is 224 Å². The molecule has 0 aliphatic rings. The summed E-state index contributed by atoms with van der Waals surface area (Å²) in [5.41, 5.74) is 18.1. The molecular formula is C57H37N5. The van der Waals surface area contributed by atoms with E-state index < -0.39 is 0 Å². The second-order valence-corrected chi connectivity index (χ2v) is 15.0. The van der Waals surface area contributed by atoms with Crippen LogP contribution in [0.1, 0.15) is 5.56 Å². The second-order valence-electron chi connectivity index (χ2n) is 15.0. The van der Waals surface area contributed by atoms with Gasteiger partial charge in [-0.05, 0) is 92.0 Å². The van der Waals surface area contributed by atoms with Crippen molar-refractivity contribution in [3.63, 3.8) is 0 Å². The molecule has 0 saturated heterocycles. The van der Waals surface area contributed by atoms with E-state index in [1.54, 1.807) is 0 Å². The van der Waals surface area contributed by atoms with E-state index in [0.29, 0.717) is 5.56 Å². The highest BCUT2D eigenvalue weighted by Crippen LogP contribution is 2.43. The average Bonchev–Trinajstić information content (AvgIpc) is 3.37. The number of benzene rings is 8. The first-order valence-corrected chi connectivity index (χ1v) is 20.5. The number of nitriles is 1. The Labute approximate surface area is 361 Å². The summed E-state index contributed by atoms with van der Waals surface area (Å²) in [6.07, 6.45) is 0. The van der Waals surface area contributed by atoms with Gasteiger partial charge in [-0.2, -0.15) is 5.26 Å². The van der Waals surface area contributed by atoms with Crippen LogP contribution in [0.4, 0.5) is 0 Å². The van der Waals surface area contributed by atoms with Gasteiger partial charge in [0.2, 0.25) is 0 Å². The molecule has 5 heteroatoms. The topological polar surface area (TPSA) is 75.3 Å². The van der Waals surface area contributed by atoms with Crippen molar-refractivity contribution in [3.8, 4) is 107 Å². The molecule has 0 unspecified atom stereocenters. The lowest BCUT2D eigenvalue weighted by Crippen LogP contribution is -1.96. The molecule has 0 fully saturated rings. The van der Waals surface area contributed by atoms with Gasteiger partial charge in [-0.3, -0.25) is 0 Å². The minimum absolute atomic E-state index is 0.614. The fourth-order valence-electron chi connectivity index (χ4n) is 8.07. The Morgan fingerprint density at radius 2 is 0.581 bits per heavy atom. The van der Waals surface area contributed by atoms with Crippen molar-refractivity contribution in [1.29, 1.82) is 5.26 Å². The molecule has 0 saturated carbocycles. The fraction of sp³-hybridized carbons (Fsp3) is 0. The summed E-state index contributed by atoms with van der Waals surface area (Å²) in [5, 5.41) is 29.2. The van der Waals surface area contributed by atoms with E-state index >= 15 is 0 Å². The lowest BCUT2D eigenvalue weighted by Gasteiger charge is -2.18. The van der Waals surface area contributed by atoms with Crippen LogP contribution in [0.5, 0.6) is 0 Å². The molecule has 0 N–H and O–H groups in total. The lowest BCUT2D eigenvalue weighted by molar-refractivity contribution is 1.04. The Bertz CT molecular complexity index is 3190. The summed E-state index contributed by atoms with van der Waals surface area (Å²) in [7, 11) is 0. The minimum Gasteiger partial charge on any atom is -0.192 e. The summed E-state index contributed by atoms with van der Waals surface area (Å²) in [4.78, 5) is 0. The van der Waals surface area contributed by atoms with Crippen LogP contribution < -0.4 is 0 Å². The van der Waals surface area contributed by atoms with Crippen LogP contribution in [-0.2, 0) is 0 Å². The highest BCUT2D eigenvalue weighted by molar-refractivity contribution is 5.97. The Kier molecular flexibility index (Phi) is 10.3. The van der Waals surface area contributed by atoms with Gasteiger partial charge in [0.15, 0.2) is 0 Å². The number of rotatable bonds is 9. The largest absolute Gasteiger partial charge is 0.192 e. The zero-order valence-corrected chi connectivity index (χ0v) is 33.6. The van der Waals surface area contributed by atoms with Gasteiger partial charge in [0.25, 0.3) is 0 Å². The predicted octanol–water partition coefficient (Wildman–Crippen LogP) is 14.1. The maximum atomic E-state index is 10.1. The molecule has 0 aliphatic heterocycles. The Morgan fingerprint density at radius 3 is 1.05 bits per heavy atom. The Hall–Kier alpha value is -8.59. The molecular weight excluding hydrogens is 755 g/mol. The standard InChI is InChI=1S/C57H37N5/c58-38-46-17-7-8-18-47(46)45-31-32-50(48-19-9-11-21-51(48)56-35-33-54(59-61-56)43-27-23-41(24-28-43)39-13-3-1-4-14-39)53(37-45)49-20-10-12-22-52(49)57-36-34-55(60-62-57)44-29-25-42(26-30-44)40-15-5-2-6-16-40/h1-37H. The molecule has 0 atom stereocenters. The molecule has 5 nitrogen and oxygen atoms in total. The third-order valence-corrected chi connectivity index (χ3v) is 11.3. The van der Waals surface area contributed by atoms with Crippen molar-refractivity contribution in [2.75, 3.05) is 0 Å². The van der Waals surface area contributed by atoms with Crippen molar-refractivity contribution in [3.05, 3.63) is 230 Å². The molecule has 10 aromatic rings. The average molecular weight is 792 g/mol. The zero-order chi connectivity index (χ0) is 41.7. The maximum Gasteiger partial charge on any atom is 0.0998 e. The van der Waals surface area contributed by atoms with Gasteiger partial charge in [0.1, 0.15) is 0 Å². The van der Waals surface area contributed by atoms with E-state index in [1.165, 1.54) is 11.1 Å². The summed E-state index contributed by atoms with van der Waals surface area (Å²) in [6.45, 7) is 0. The quantitative estimate of drug-likeness (QED) is 0.145. The summed E-state index contributed by atoms with van der Waals surface area (Å²) in [5.74, 6) is 0. The highest BCUT2D eigenvalue weighted by atomic mass is 15.1. The van der Waals surface area contributed by atoms with E-state index in [-0.39, 0.29) is 0 Å². The van der Waals surface area contributed by atoms with E-state index in [4.69, 9.17) is 20.4 Å². The summed E-state index contributed by atoms with van der Waals surface area (Å²) >= 11 is 0. The van der Waals surface area contributed by atoms with Crippen LogP contribution in [0, 0.1) is 11.3 Å². The molecule has 0 bridgehead atoms. The SMILES string of the molecule is N#Cc1ccccc1-c1ccc(-c2ccccc2-c2ccc(-c3ccc(-c4ccccc4)cc3)nn2)c(-c2ccccc2-c2ccc(-c3ccc(-c4ccccc4)cc3)nn2)c1. The monoisotopic (exact) mass is 791 g/mol. The Morgan fingerprint density at radius 1 is 0.242 bits per heavy atom. The number of hydrogen-bond acceptors (Lipinski definition) is 5. The fourth-order valence-corrected chi connectivity index (χ4v) is 8.07. The molecule has 2 heterocycles. The van der Waals surface area contributed by atoms with Crippen LogP contribution >= 0.6 is 0 Å². The first-order chi connectivity index (χ1) is 30.7. The van der Waals surface area contributed by atoms with Gasteiger partial charge in [0.05, 0.1) is 34.4 Å². The number of hydrogen-bond donors (Lipinski definition) is 0. The van der Waals surface area contributed by atoms with Crippen molar-refractivity contribution in [1.82, 2.24) is 20.4 Å². The molecule has 0 amide bonds. The van der Waals surface area contributed by atoms with Gasteiger partial charge in [-0.15, -0.1) is 20.4 Å². The first-order valence-electron chi connectivity index (χ1n) is 20.5. The third kappa shape index (κ3) is 7.57. The Balaban J connectivity index is 1.03. The molecule has 0 spiro atoms. The van der Waals surface area contributed by atoms with Gasteiger partial charge in [-0.1, -0.05) is 188 Å². The highest BCUT2D eigenvalue weighted by Gasteiger charge is 2.19. The van der Waals surface area contributed by atoms with E-state index in [1.807, 2.05) is 72.8 Å². The smallest absolute Gasteiger partial charge is 0.0998 e. The van der Waals surface area contributed by atoms with E-state index in [2.05, 4.69) is 158 Å². The van der Waals surface area contributed by atoms with Crippen LogP contribution in [0.25, 0.3) is 101 Å². The van der Waals surface area contributed by atoms with Gasteiger partial charge in [0, 0.05) is 22.3 Å². The number of aromatic nitrogens is 4. The predicted molar refractivity (Wildman–Crippen MR) is 251 cm³/mol. The molecule has 0 radical (unpaired) electrons. The molecule has 0 aliphatic carbocycles. The minimum atomic E-state index is 0.614. The summed E-state index contributed by atoms with van der Waals surface area (Å²) in [6, 6.07) is 78.9. The van der Waals surface area contributed by atoms with Crippen LogP contribution in [-0.4, -0.2) is 20.4 Å². The maximum absolute atomic E-state index is 10.1. The second kappa shape index (κ2) is 16.9. The molecule has 10 rings (SSSR count). The van der Waals surface area contributed by atoms with E-state index in [0.717, 1.165) is 89.5 Å². The lowest BCUT2D eigenvalue weighted by atomic mass is 9.86. The van der Waals surface area contributed by atoms with Crippen LogP contribution in [0.3, 0.4) is 0 Å². The molecule has 62 heavy (non-hydrogen) atoms. The summed E-state index contributed by atoms with van der Waals surface area (Å²) < 4.78 is 0. The molecule has 8 aromatic carbocycles. The van der Waals surface area contributed by atoms with Crippen molar-refractivity contribution < 1.29 is 0 Å². The molecule has 290 valence electrons. The first kappa shape index (κ1) is 37.7. The third-order valence-electron chi connectivity index (χ3n) is 11.3. The molecule has 2 aromatic heterocycles. The van der Waals surface area contributed by atoms with E-state index in [9.17, 15) is 5.26 Å². The van der Waals surface area contributed by atoms with Gasteiger partial charge in [-0.25, -0.2) is 0 Å². The van der Waals surface area contributed by atoms with Crippen molar-refractivity contribution in [2.24, 2.45) is 0 Å². The number of nitrogens with zero attached hydrogens (tertiary/aromatic N) is 5. The van der Waals surface area contributed by atoms with Crippen LogP contribution in [0.2, 0.25) is 0 Å². The van der Waals surface area contributed by atoms with Gasteiger partial charge >= 0.3 is 0 Å². The van der Waals surface area contributed by atoms with Crippen molar-refractivity contribution in [2.45, 2.75) is 0 Å². The zero-order valence-electron chi connectivity index (χ0n) is 33.6.